The van der Waals surface area contributed by atoms with Gasteiger partial charge in [0, 0.05) is 17.2 Å². The Bertz CT molecular complexity index is 420. The molecule has 0 saturated heterocycles. The van der Waals surface area contributed by atoms with Crippen molar-refractivity contribution in [2.45, 2.75) is 5.92 Å². The van der Waals surface area contributed by atoms with Crippen LogP contribution in [0.4, 0.5) is 0 Å². The predicted octanol–water partition coefficient (Wildman–Crippen LogP) is 2.82. The van der Waals surface area contributed by atoms with E-state index in [4.69, 9.17) is 33.2 Å². The molecule has 1 rings (SSSR count). The summed E-state index contributed by atoms with van der Waals surface area (Å²) in [6, 6.07) is 6.55. The minimum absolute atomic E-state index is 0.109. The van der Waals surface area contributed by atoms with E-state index in [9.17, 15) is 4.79 Å². The normalized spacial score (nSPS) is 11.9. The molecule has 1 atom stereocenters. The molecule has 0 heterocycles. The Morgan fingerprint density at radius 2 is 2.00 bits per heavy atom. The lowest BCUT2D eigenvalue weighted by atomic mass is 9.96. The van der Waals surface area contributed by atoms with Crippen molar-refractivity contribution in [3.8, 4) is 6.07 Å². The Morgan fingerprint density at radius 1 is 1.44 bits per heavy atom. The van der Waals surface area contributed by atoms with Crippen molar-refractivity contribution in [2.75, 3.05) is 13.7 Å². The molecule has 0 bridgehead atoms. The van der Waals surface area contributed by atoms with Crippen LogP contribution in [0.15, 0.2) is 18.2 Å². The van der Waals surface area contributed by atoms with Crippen LogP contribution >= 0.6 is 23.2 Å². The van der Waals surface area contributed by atoms with Gasteiger partial charge in [-0.2, -0.15) is 5.26 Å². The van der Waals surface area contributed by atoms with Crippen LogP contribution in [0, 0.1) is 11.3 Å². The fourth-order valence-electron chi connectivity index (χ4n) is 1.30. The molecule has 0 saturated carbocycles. The van der Waals surface area contributed by atoms with Crippen molar-refractivity contribution in [3.63, 3.8) is 0 Å². The summed E-state index contributed by atoms with van der Waals surface area (Å²) in [5, 5.41) is 9.74. The lowest BCUT2D eigenvalue weighted by molar-refractivity contribution is -0.122. The maximum absolute atomic E-state index is 11.6. The molecule has 0 aliphatic carbocycles. The number of nitriles is 1. The number of Topliss-reactive ketones (excluding diaryl/α,β-unsaturated/α-hetero) is 1. The third-order valence-electron chi connectivity index (χ3n) is 1.96. The summed E-state index contributed by atoms with van der Waals surface area (Å²) in [6.45, 7) is -0.109. The number of nitrogens with zero attached hydrogens (tertiary/aromatic N) is 1. The van der Waals surface area contributed by atoms with Crippen LogP contribution in [0.2, 0.25) is 10.0 Å². The smallest absolute Gasteiger partial charge is 0.179 e. The third kappa shape index (κ3) is 3.21. The fraction of sp³-hybridized carbons (Fsp3) is 0.273. The third-order valence-corrected chi connectivity index (χ3v) is 2.39. The number of methoxy groups -OCH3 is 1. The first-order chi connectivity index (χ1) is 7.58. The van der Waals surface area contributed by atoms with Gasteiger partial charge in [0.1, 0.15) is 12.5 Å². The maximum atomic E-state index is 11.6. The van der Waals surface area contributed by atoms with E-state index in [0.717, 1.165) is 0 Å². The van der Waals surface area contributed by atoms with Crippen molar-refractivity contribution in [2.24, 2.45) is 0 Å². The summed E-state index contributed by atoms with van der Waals surface area (Å²) >= 11 is 11.6. The topological polar surface area (TPSA) is 50.1 Å². The number of carbonyl (C=O) groups excluding carboxylic acids is 1. The first-order valence-electron chi connectivity index (χ1n) is 4.45. The summed E-state index contributed by atoms with van der Waals surface area (Å²) < 4.78 is 4.70. The summed E-state index contributed by atoms with van der Waals surface area (Å²) in [7, 11) is 1.40. The maximum Gasteiger partial charge on any atom is 0.179 e. The molecule has 0 spiro atoms. The number of hydrogen-bond acceptors (Lipinski definition) is 3. The Kier molecular flexibility index (Phi) is 4.75. The molecule has 1 aromatic carbocycles. The van der Waals surface area contributed by atoms with E-state index in [1.807, 2.05) is 6.07 Å². The molecule has 0 fully saturated rings. The van der Waals surface area contributed by atoms with Crippen molar-refractivity contribution < 1.29 is 9.53 Å². The highest BCUT2D eigenvalue weighted by molar-refractivity contribution is 6.34. The molecule has 0 amide bonds. The largest absolute Gasteiger partial charge is 0.377 e. The van der Waals surface area contributed by atoms with Gasteiger partial charge in [-0.25, -0.2) is 0 Å². The molecule has 5 heteroatoms. The second-order valence-electron chi connectivity index (χ2n) is 3.16. The Balaban J connectivity index is 3.05. The number of halogens is 2. The van der Waals surface area contributed by atoms with Crippen LogP contribution in [-0.2, 0) is 9.53 Å². The van der Waals surface area contributed by atoms with Crippen molar-refractivity contribution in [1.29, 1.82) is 5.26 Å². The number of rotatable bonds is 4. The Hall–Kier alpha value is -1.08. The standard InChI is InChI=1S/C11H9Cl2NO2/c1-16-6-11(15)10(5-14)7-2-8(12)4-9(13)3-7/h2-4,10H,6H2,1H3. The summed E-state index contributed by atoms with van der Waals surface area (Å²) in [4.78, 5) is 11.6. The van der Waals surface area contributed by atoms with Crippen molar-refractivity contribution in [3.05, 3.63) is 33.8 Å². The summed E-state index contributed by atoms with van der Waals surface area (Å²) in [5.41, 5.74) is 0.488. The van der Waals surface area contributed by atoms with Crippen LogP contribution in [-0.4, -0.2) is 19.5 Å². The zero-order valence-electron chi connectivity index (χ0n) is 8.54. The van der Waals surface area contributed by atoms with E-state index in [2.05, 4.69) is 0 Å². The van der Waals surface area contributed by atoms with E-state index in [1.54, 1.807) is 18.2 Å². The van der Waals surface area contributed by atoms with Gasteiger partial charge in [-0.3, -0.25) is 4.79 Å². The molecule has 0 aromatic heterocycles. The second-order valence-corrected chi connectivity index (χ2v) is 4.04. The zero-order chi connectivity index (χ0) is 12.1. The van der Waals surface area contributed by atoms with Gasteiger partial charge in [0.15, 0.2) is 5.78 Å². The van der Waals surface area contributed by atoms with Gasteiger partial charge in [-0.05, 0) is 23.8 Å². The van der Waals surface area contributed by atoms with Crippen LogP contribution in [0.5, 0.6) is 0 Å². The summed E-state index contributed by atoms with van der Waals surface area (Å²) in [6.07, 6.45) is 0. The average Bonchev–Trinajstić information content (AvgIpc) is 2.17. The molecular weight excluding hydrogens is 249 g/mol. The van der Waals surface area contributed by atoms with E-state index < -0.39 is 5.92 Å². The minimum Gasteiger partial charge on any atom is -0.377 e. The predicted molar refractivity (Wildman–Crippen MR) is 61.7 cm³/mol. The van der Waals surface area contributed by atoms with Gasteiger partial charge in [0.25, 0.3) is 0 Å². The van der Waals surface area contributed by atoms with Crippen LogP contribution in [0.3, 0.4) is 0 Å². The van der Waals surface area contributed by atoms with Crippen LogP contribution in [0.1, 0.15) is 11.5 Å². The van der Waals surface area contributed by atoms with Gasteiger partial charge in [-0.15, -0.1) is 0 Å². The molecule has 0 aliphatic heterocycles. The zero-order valence-corrected chi connectivity index (χ0v) is 10.0. The highest BCUT2D eigenvalue weighted by Crippen LogP contribution is 2.25. The van der Waals surface area contributed by atoms with Gasteiger partial charge < -0.3 is 4.74 Å². The van der Waals surface area contributed by atoms with Gasteiger partial charge in [-0.1, -0.05) is 23.2 Å². The lowest BCUT2D eigenvalue weighted by Gasteiger charge is -2.08. The summed E-state index contributed by atoms with van der Waals surface area (Å²) in [5.74, 6) is -1.21. The number of hydrogen-bond donors (Lipinski definition) is 0. The van der Waals surface area contributed by atoms with E-state index in [1.165, 1.54) is 7.11 Å². The molecule has 0 aliphatic rings. The van der Waals surface area contributed by atoms with E-state index in [0.29, 0.717) is 15.6 Å². The van der Waals surface area contributed by atoms with Crippen molar-refractivity contribution in [1.82, 2.24) is 0 Å². The SMILES string of the molecule is COCC(=O)C(C#N)c1cc(Cl)cc(Cl)c1. The fourth-order valence-corrected chi connectivity index (χ4v) is 1.84. The van der Waals surface area contributed by atoms with Gasteiger partial charge in [0.2, 0.25) is 0 Å². The average molecular weight is 258 g/mol. The number of benzene rings is 1. The molecule has 1 aromatic rings. The number of ether oxygens (including phenoxy) is 1. The Labute approximate surface area is 104 Å². The molecule has 1 unspecified atom stereocenters. The van der Waals surface area contributed by atoms with Crippen LogP contribution < -0.4 is 0 Å². The first kappa shape index (κ1) is 13.0. The van der Waals surface area contributed by atoms with Gasteiger partial charge >= 0.3 is 0 Å². The quantitative estimate of drug-likeness (QED) is 0.834. The van der Waals surface area contributed by atoms with Crippen molar-refractivity contribution >= 4 is 29.0 Å². The molecule has 0 N–H and O–H groups in total. The number of ketones is 1. The minimum atomic E-state index is -0.892. The number of carbonyl (C=O) groups is 1. The molecule has 84 valence electrons. The van der Waals surface area contributed by atoms with Gasteiger partial charge in [0.05, 0.1) is 6.07 Å². The van der Waals surface area contributed by atoms with E-state index >= 15 is 0 Å². The molecular formula is C11H9Cl2NO2. The molecule has 16 heavy (non-hydrogen) atoms. The highest BCUT2D eigenvalue weighted by atomic mass is 35.5. The van der Waals surface area contributed by atoms with Crippen LogP contribution in [0.25, 0.3) is 0 Å². The second kappa shape index (κ2) is 5.86. The Morgan fingerprint density at radius 3 is 2.44 bits per heavy atom. The lowest BCUT2D eigenvalue weighted by Crippen LogP contribution is -2.16. The van der Waals surface area contributed by atoms with E-state index in [-0.39, 0.29) is 12.4 Å². The highest BCUT2D eigenvalue weighted by Gasteiger charge is 2.20. The first-order valence-corrected chi connectivity index (χ1v) is 5.21. The molecule has 3 nitrogen and oxygen atoms in total. The monoisotopic (exact) mass is 257 g/mol. The molecule has 0 radical (unpaired) electrons.